The summed E-state index contributed by atoms with van der Waals surface area (Å²) in [7, 11) is 0. The molecule has 0 N–H and O–H groups in total. The highest BCUT2D eigenvalue weighted by Crippen LogP contribution is 2.15. The molecule has 0 radical (unpaired) electrons. The number of unbranched alkanes of at least 4 members (excludes halogenated alkanes) is 6. The third-order valence-corrected chi connectivity index (χ3v) is 2.70. The van der Waals surface area contributed by atoms with E-state index in [9.17, 15) is 0 Å². The minimum atomic E-state index is 0.188. The Kier molecular flexibility index (Phi) is 10.5. The molecule has 0 saturated carbocycles. The average Bonchev–Trinajstić information content (AvgIpc) is 2.02. The topological polar surface area (TPSA) is 0 Å². The highest BCUT2D eigenvalue weighted by molar-refractivity contribution is 9.10. The molecule has 0 aromatic carbocycles. The van der Waals surface area contributed by atoms with Crippen LogP contribution in [-0.2, 0) is 0 Å². The Bertz CT molecular complexity index is 83.9. The van der Waals surface area contributed by atoms with Crippen molar-refractivity contribution < 1.29 is 0 Å². The molecule has 0 aliphatic heterocycles. The van der Waals surface area contributed by atoms with Gasteiger partial charge in [0, 0.05) is 0 Å². The first kappa shape index (κ1) is 12.8. The highest BCUT2D eigenvalue weighted by Gasteiger charge is 1.96. The minimum absolute atomic E-state index is 0.188. The zero-order chi connectivity index (χ0) is 9.23. The van der Waals surface area contributed by atoms with Gasteiger partial charge in [-0.3, -0.25) is 0 Å². The second kappa shape index (κ2) is 9.85. The highest BCUT2D eigenvalue weighted by atomic mass is 79.9. The van der Waals surface area contributed by atoms with Gasteiger partial charge < -0.3 is 0 Å². The predicted octanol–water partition coefficient (Wildman–Crippen LogP) is 5.09. The largest absolute Gasteiger partial charge is 0.110 e. The lowest BCUT2D eigenvalue weighted by Crippen LogP contribution is -1.86. The van der Waals surface area contributed by atoms with E-state index in [0.717, 1.165) is 6.42 Å². The number of rotatable bonds is 8. The van der Waals surface area contributed by atoms with Gasteiger partial charge in [-0.2, -0.15) is 0 Å². The van der Waals surface area contributed by atoms with Crippen molar-refractivity contribution in [3.8, 4) is 0 Å². The van der Waals surface area contributed by atoms with E-state index in [1.807, 2.05) is 0 Å². The van der Waals surface area contributed by atoms with Crippen molar-refractivity contribution in [3.63, 3.8) is 0 Å². The van der Waals surface area contributed by atoms with E-state index in [1.54, 1.807) is 0 Å². The summed E-state index contributed by atoms with van der Waals surface area (Å²) in [6.45, 7) is 2.25. The molecule has 2 heteroatoms. The fraction of sp³-hybridized carbons (Fsp3) is 1.00. The van der Waals surface area contributed by atoms with Crippen molar-refractivity contribution in [1.29, 1.82) is 0 Å². The quantitative estimate of drug-likeness (QED) is 0.419. The molecular weight excluding hydrogens is 235 g/mol. The Hall–Kier alpha value is 0.770. The van der Waals surface area contributed by atoms with Crippen molar-refractivity contribution >= 4 is 27.5 Å². The number of hydrogen-bond acceptors (Lipinski definition) is 0. The van der Waals surface area contributed by atoms with E-state index in [4.69, 9.17) is 11.6 Å². The molecule has 0 nitrogen and oxygen atoms in total. The van der Waals surface area contributed by atoms with Gasteiger partial charge in [-0.15, -0.1) is 11.6 Å². The van der Waals surface area contributed by atoms with Crippen LogP contribution in [0.1, 0.15) is 58.3 Å². The Morgan fingerprint density at radius 3 is 2.00 bits per heavy atom. The third-order valence-electron chi connectivity index (χ3n) is 2.03. The summed E-state index contributed by atoms with van der Waals surface area (Å²) < 4.78 is 0.188. The van der Waals surface area contributed by atoms with E-state index < -0.39 is 0 Å². The smallest absolute Gasteiger partial charge is 0.0886 e. The summed E-state index contributed by atoms with van der Waals surface area (Å²) >= 11 is 9.09. The van der Waals surface area contributed by atoms with Crippen molar-refractivity contribution in [2.75, 3.05) is 0 Å². The molecule has 0 fully saturated rings. The molecule has 0 bridgehead atoms. The van der Waals surface area contributed by atoms with Gasteiger partial charge in [-0.25, -0.2) is 0 Å². The lowest BCUT2D eigenvalue weighted by Gasteiger charge is -2.01. The van der Waals surface area contributed by atoms with Gasteiger partial charge >= 0.3 is 0 Å². The maximum atomic E-state index is 5.76. The zero-order valence-electron chi connectivity index (χ0n) is 7.99. The third kappa shape index (κ3) is 10.8. The molecule has 1 unspecified atom stereocenters. The second-order valence-electron chi connectivity index (χ2n) is 3.30. The molecule has 0 spiro atoms. The normalized spacial score (nSPS) is 13.2. The van der Waals surface area contributed by atoms with Crippen molar-refractivity contribution in [3.05, 3.63) is 0 Å². The summed E-state index contributed by atoms with van der Waals surface area (Å²) in [5, 5.41) is 0. The van der Waals surface area contributed by atoms with Gasteiger partial charge in [-0.05, 0) is 6.42 Å². The van der Waals surface area contributed by atoms with Crippen LogP contribution in [0.2, 0.25) is 0 Å². The van der Waals surface area contributed by atoms with E-state index in [-0.39, 0.29) is 4.29 Å². The maximum absolute atomic E-state index is 5.76. The van der Waals surface area contributed by atoms with Crippen LogP contribution in [0.4, 0.5) is 0 Å². The molecule has 0 aromatic heterocycles. The van der Waals surface area contributed by atoms with E-state index >= 15 is 0 Å². The molecule has 0 aliphatic rings. The fourth-order valence-electron chi connectivity index (χ4n) is 1.26. The molecule has 0 saturated heterocycles. The van der Waals surface area contributed by atoms with Crippen LogP contribution in [0.15, 0.2) is 0 Å². The lowest BCUT2D eigenvalue weighted by molar-refractivity contribution is 0.584. The van der Waals surface area contributed by atoms with Crippen LogP contribution in [0.5, 0.6) is 0 Å². The number of hydrogen-bond donors (Lipinski definition) is 0. The molecule has 0 amide bonds. The molecule has 74 valence electrons. The fourth-order valence-corrected chi connectivity index (χ4v) is 1.73. The monoisotopic (exact) mass is 254 g/mol. The van der Waals surface area contributed by atoms with E-state index in [2.05, 4.69) is 22.9 Å². The van der Waals surface area contributed by atoms with Gasteiger partial charge in [-0.1, -0.05) is 67.8 Å². The Morgan fingerprint density at radius 1 is 1.00 bits per heavy atom. The van der Waals surface area contributed by atoms with Gasteiger partial charge in [0.2, 0.25) is 0 Å². The summed E-state index contributed by atoms with van der Waals surface area (Å²) in [5.74, 6) is 0. The summed E-state index contributed by atoms with van der Waals surface area (Å²) in [6.07, 6.45) is 10.7. The Balaban J connectivity index is 2.82. The minimum Gasteiger partial charge on any atom is -0.110 e. The van der Waals surface area contributed by atoms with Crippen LogP contribution >= 0.6 is 27.5 Å². The first-order valence-corrected chi connectivity index (χ1v) is 6.40. The SMILES string of the molecule is CCCCCCCCCC(Cl)Br. The number of alkyl halides is 2. The van der Waals surface area contributed by atoms with E-state index in [0.29, 0.717) is 0 Å². The summed E-state index contributed by atoms with van der Waals surface area (Å²) in [5.41, 5.74) is 0. The molecule has 0 aliphatic carbocycles. The Morgan fingerprint density at radius 2 is 1.50 bits per heavy atom. The van der Waals surface area contributed by atoms with E-state index in [1.165, 1.54) is 44.9 Å². The van der Waals surface area contributed by atoms with Gasteiger partial charge in [0.25, 0.3) is 0 Å². The number of halogens is 2. The Labute approximate surface area is 90.2 Å². The van der Waals surface area contributed by atoms with Gasteiger partial charge in [0.1, 0.15) is 0 Å². The lowest BCUT2D eigenvalue weighted by atomic mass is 10.1. The molecular formula is C10H20BrCl. The molecule has 0 heterocycles. The maximum Gasteiger partial charge on any atom is 0.0886 e. The van der Waals surface area contributed by atoms with Crippen molar-refractivity contribution in [2.45, 2.75) is 62.6 Å². The molecule has 0 aromatic rings. The average molecular weight is 256 g/mol. The van der Waals surface area contributed by atoms with Crippen molar-refractivity contribution in [2.24, 2.45) is 0 Å². The summed E-state index contributed by atoms with van der Waals surface area (Å²) in [4.78, 5) is 0. The van der Waals surface area contributed by atoms with Crippen LogP contribution in [0.3, 0.4) is 0 Å². The van der Waals surface area contributed by atoms with Crippen LogP contribution in [0, 0.1) is 0 Å². The first-order chi connectivity index (χ1) is 5.77. The second-order valence-corrected chi connectivity index (χ2v) is 5.46. The zero-order valence-corrected chi connectivity index (χ0v) is 10.3. The molecule has 0 rings (SSSR count). The molecule has 1 atom stereocenters. The van der Waals surface area contributed by atoms with Crippen LogP contribution in [0.25, 0.3) is 0 Å². The predicted molar refractivity (Wildman–Crippen MR) is 61.2 cm³/mol. The van der Waals surface area contributed by atoms with Gasteiger partial charge in [0.15, 0.2) is 0 Å². The van der Waals surface area contributed by atoms with Crippen LogP contribution < -0.4 is 0 Å². The first-order valence-electron chi connectivity index (χ1n) is 5.05. The van der Waals surface area contributed by atoms with Crippen LogP contribution in [-0.4, -0.2) is 4.29 Å². The standard InChI is InChI=1S/C10H20BrCl/c1-2-3-4-5-6-7-8-9-10(11)12/h10H,2-9H2,1H3. The molecule has 12 heavy (non-hydrogen) atoms. The van der Waals surface area contributed by atoms with Crippen molar-refractivity contribution in [1.82, 2.24) is 0 Å². The van der Waals surface area contributed by atoms with Gasteiger partial charge in [0.05, 0.1) is 4.29 Å². The summed E-state index contributed by atoms with van der Waals surface area (Å²) in [6, 6.07) is 0.